The van der Waals surface area contributed by atoms with Crippen molar-refractivity contribution in [2.24, 2.45) is 0 Å². The molecule has 0 N–H and O–H groups in total. The minimum Gasteiger partial charge on any atom is -0.466 e. The highest BCUT2D eigenvalue weighted by Gasteiger charge is 2.00. The van der Waals surface area contributed by atoms with E-state index in [1.54, 1.807) is 5.57 Å². The molecule has 0 aromatic rings. The number of unbranched alkanes of at least 4 members (excludes halogenated alkanes) is 2. The Morgan fingerprint density at radius 1 is 1.12 bits per heavy atom. The van der Waals surface area contributed by atoms with Gasteiger partial charge in [-0.25, -0.2) is 0 Å². The van der Waals surface area contributed by atoms with Gasteiger partial charge >= 0.3 is 5.97 Å². The molecular weight excluding hydrogens is 212 g/mol. The Morgan fingerprint density at radius 2 is 1.82 bits per heavy atom. The lowest BCUT2D eigenvalue weighted by molar-refractivity contribution is -0.141. The summed E-state index contributed by atoms with van der Waals surface area (Å²) < 4.78 is 4.90. The average molecular weight is 238 g/mol. The van der Waals surface area contributed by atoms with Crippen LogP contribution in [0.5, 0.6) is 0 Å². The van der Waals surface area contributed by atoms with Gasteiger partial charge in [0.2, 0.25) is 0 Å². The van der Waals surface area contributed by atoms with Crippen LogP contribution in [0, 0.1) is 0 Å². The van der Waals surface area contributed by atoms with Crippen molar-refractivity contribution in [1.82, 2.24) is 0 Å². The fourth-order valence-corrected chi connectivity index (χ4v) is 1.73. The highest BCUT2D eigenvalue weighted by atomic mass is 16.5. The maximum Gasteiger partial charge on any atom is 0.302 e. The third kappa shape index (κ3) is 9.86. The SMILES string of the molecule is C=CCCC(CCCCCOC(C)=O)=C(C)C. The highest BCUT2D eigenvalue weighted by Crippen LogP contribution is 2.18. The van der Waals surface area contributed by atoms with Gasteiger partial charge in [-0.2, -0.15) is 0 Å². The number of hydrogen-bond donors (Lipinski definition) is 0. The van der Waals surface area contributed by atoms with Crippen LogP contribution in [0.4, 0.5) is 0 Å². The number of ether oxygens (including phenoxy) is 1. The molecular formula is C15H26O2. The van der Waals surface area contributed by atoms with E-state index >= 15 is 0 Å². The second-order valence-electron chi connectivity index (χ2n) is 4.58. The molecule has 0 atom stereocenters. The van der Waals surface area contributed by atoms with Crippen LogP contribution in [0.3, 0.4) is 0 Å². The normalized spacial score (nSPS) is 9.82. The van der Waals surface area contributed by atoms with Gasteiger partial charge in [0.1, 0.15) is 0 Å². The summed E-state index contributed by atoms with van der Waals surface area (Å²) in [5.74, 6) is -0.180. The topological polar surface area (TPSA) is 26.3 Å². The van der Waals surface area contributed by atoms with Crippen molar-refractivity contribution in [2.45, 2.75) is 59.3 Å². The summed E-state index contributed by atoms with van der Waals surface area (Å²) in [7, 11) is 0. The lowest BCUT2D eigenvalue weighted by atomic mass is 9.99. The van der Waals surface area contributed by atoms with Gasteiger partial charge in [-0.05, 0) is 52.4 Å². The number of carbonyl (C=O) groups is 1. The molecule has 0 amide bonds. The van der Waals surface area contributed by atoms with Crippen molar-refractivity contribution in [3.05, 3.63) is 23.8 Å². The van der Waals surface area contributed by atoms with Crippen LogP contribution in [-0.2, 0) is 9.53 Å². The summed E-state index contributed by atoms with van der Waals surface area (Å²) in [6.07, 6.45) is 8.61. The van der Waals surface area contributed by atoms with E-state index in [2.05, 4.69) is 20.4 Å². The number of esters is 1. The van der Waals surface area contributed by atoms with E-state index in [0.717, 1.165) is 32.1 Å². The second kappa shape index (κ2) is 10.1. The van der Waals surface area contributed by atoms with E-state index in [1.807, 2.05) is 6.08 Å². The summed E-state index contributed by atoms with van der Waals surface area (Å²) in [5, 5.41) is 0. The quantitative estimate of drug-likeness (QED) is 0.338. The summed E-state index contributed by atoms with van der Waals surface area (Å²) >= 11 is 0. The fourth-order valence-electron chi connectivity index (χ4n) is 1.73. The van der Waals surface area contributed by atoms with Gasteiger partial charge in [-0.15, -0.1) is 6.58 Å². The molecule has 2 heteroatoms. The van der Waals surface area contributed by atoms with Crippen LogP contribution >= 0.6 is 0 Å². The molecule has 17 heavy (non-hydrogen) atoms. The van der Waals surface area contributed by atoms with Crippen molar-refractivity contribution in [3.8, 4) is 0 Å². The van der Waals surface area contributed by atoms with Crippen LogP contribution in [0.15, 0.2) is 23.8 Å². The van der Waals surface area contributed by atoms with Gasteiger partial charge in [-0.3, -0.25) is 4.79 Å². The largest absolute Gasteiger partial charge is 0.466 e. The molecule has 0 aliphatic rings. The zero-order valence-electron chi connectivity index (χ0n) is 11.6. The molecule has 0 aliphatic heterocycles. The monoisotopic (exact) mass is 238 g/mol. The molecule has 0 bridgehead atoms. The van der Waals surface area contributed by atoms with Crippen LogP contribution in [-0.4, -0.2) is 12.6 Å². The van der Waals surface area contributed by atoms with Gasteiger partial charge < -0.3 is 4.74 Å². The first-order valence-electron chi connectivity index (χ1n) is 6.47. The Morgan fingerprint density at radius 3 is 2.35 bits per heavy atom. The molecule has 0 radical (unpaired) electrons. The van der Waals surface area contributed by atoms with E-state index in [1.165, 1.54) is 18.9 Å². The molecule has 2 nitrogen and oxygen atoms in total. The third-order valence-electron chi connectivity index (χ3n) is 2.79. The molecule has 98 valence electrons. The van der Waals surface area contributed by atoms with Gasteiger partial charge in [0.05, 0.1) is 6.61 Å². The first-order valence-corrected chi connectivity index (χ1v) is 6.47. The Labute approximate surface area is 106 Å². The van der Waals surface area contributed by atoms with Gasteiger partial charge in [0.15, 0.2) is 0 Å². The highest BCUT2D eigenvalue weighted by molar-refractivity contribution is 5.65. The van der Waals surface area contributed by atoms with Crippen molar-refractivity contribution >= 4 is 5.97 Å². The van der Waals surface area contributed by atoms with E-state index in [-0.39, 0.29) is 5.97 Å². The maximum absolute atomic E-state index is 10.6. The molecule has 0 unspecified atom stereocenters. The molecule has 0 rings (SSSR count). The minimum atomic E-state index is -0.180. The van der Waals surface area contributed by atoms with Crippen molar-refractivity contribution in [3.63, 3.8) is 0 Å². The Hall–Kier alpha value is -1.05. The summed E-state index contributed by atoms with van der Waals surface area (Å²) in [4.78, 5) is 10.6. The number of hydrogen-bond acceptors (Lipinski definition) is 2. The summed E-state index contributed by atoms with van der Waals surface area (Å²) in [5.41, 5.74) is 2.99. The predicted octanol–water partition coefficient (Wildman–Crippen LogP) is 4.41. The number of carbonyl (C=O) groups excluding carboxylic acids is 1. The first kappa shape index (κ1) is 16.0. The standard InChI is InChI=1S/C15H26O2/c1-5-6-10-15(13(2)3)11-8-7-9-12-17-14(4)16/h5H,1,6-12H2,2-4H3. The zero-order valence-corrected chi connectivity index (χ0v) is 11.6. The van der Waals surface area contributed by atoms with Crippen LogP contribution < -0.4 is 0 Å². The molecule has 0 fully saturated rings. The third-order valence-corrected chi connectivity index (χ3v) is 2.79. The van der Waals surface area contributed by atoms with Crippen molar-refractivity contribution in [2.75, 3.05) is 6.61 Å². The maximum atomic E-state index is 10.6. The fraction of sp³-hybridized carbons (Fsp3) is 0.667. The van der Waals surface area contributed by atoms with Crippen molar-refractivity contribution < 1.29 is 9.53 Å². The van der Waals surface area contributed by atoms with Crippen LogP contribution in [0.2, 0.25) is 0 Å². The summed E-state index contributed by atoms with van der Waals surface area (Å²) in [6.45, 7) is 10.1. The number of rotatable bonds is 9. The first-order chi connectivity index (χ1) is 8.07. The molecule has 0 saturated carbocycles. The Bertz CT molecular complexity index is 260. The zero-order chi connectivity index (χ0) is 13.1. The molecule has 0 saturated heterocycles. The molecule has 0 heterocycles. The second-order valence-corrected chi connectivity index (χ2v) is 4.58. The lowest BCUT2D eigenvalue weighted by Gasteiger charge is -2.09. The molecule has 0 spiro atoms. The van der Waals surface area contributed by atoms with Crippen molar-refractivity contribution in [1.29, 1.82) is 0 Å². The van der Waals surface area contributed by atoms with E-state index in [0.29, 0.717) is 6.61 Å². The number of allylic oxidation sites excluding steroid dienone is 3. The van der Waals surface area contributed by atoms with Crippen LogP contribution in [0.1, 0.15) is 59.3 Å². The van der Waals surface area contributed by atoms with E-state index < -0.39 is 0 Å². The van der Waals surface area contributed by atoms with E-state index in [9.17, 15) is 4.79 Å². The molecule has 0 aromatic carbocycles. The van der Waals surface area contributed by atoms with Gasteiger partial charge in [0.25, 0.3) is 0 Å². The summed E-state index contributed by atoms with van der Waals surface area (Å²) in [6, 6.07) is 0. The Balaban J connectivity index is 3.66. The smallest absolute Gasteiger partial charge is 0.302 e. The molecule has 0 aromatic heterocycles. The molecule has 0 aliphatic carbocycles. The van der Waals surface area contributed by atoms with E-state index in [4.69, 9.17) is 4.74 Å². The van der Waals surface area contributed by atoms with Gasteiger partial charge in [0, 0.05) is 6.92 Å². The predicted molar refractivity (Wildman–Crippen MR) is 72.9 cm³/mol. The average Bonchev–Trinajstić information content (AvgIpc) is 2.26. The van der Waals surface area contributed by atoms with Crippen LogP contribution in [0.25, 0.3) is 0 Å². The Kier molecular flexibility index (Phi) is 9.50. The van der Waals surface area contributed by atoms with Gasteiger partial charge in [-0.1, -0.05) is 17.2 Å². The minimum absolute atomic E-state index is 0.180. The lowest BCUT2D eigenvalue weighted by Crippen LogP contribution is -2.00.